The molecule has 5 nitrogen and oxygen atoms in total. The van der Waals surface area contributed by atoms with E-state index in [4.69, 9.17) is 9.47 Å². The molecule has 130 valence electrons. The molecule has 1 amide bonds. The molecule has 2 N–H and O–H groups in total. The third-order valence-electron chi connectivity index (χ3n) is 4.18. The first-order valence-electron chi connectivity index (χ1n) is 7.84. The molecule has 6 heteroatoms. The van der Waals surface area contributed by atoms with Crippen molar-refractivity contribution in [2.75, 3.05) is 33.4 Å². The van der Waals surface area contributed by atoms with Crippen molar-refractivity contribution < 1.29 is 14.3 Å². The highest BCUT2D eigenvalue weighted by molar-refractivity contribution is 5.85. The summed E-state index contributed by atoms with van der Waals surface area (Å²) in [5.74, 6) is 0.622. The summed E-state index contributed by atoms with van der Waals surface area (Å²) < 4.78 is 11.0. The molecule has 0 aliphatic carbocycles. The summed E-state index contributed by atoms with van der Waals surface area (Å²) in [6, 6.07) is 9.40. The molecule has 0 saturated carbocycles. The third kappa shape index (κ3) is 6.01. The van der Waals surface area contributed by atoms with Crippen LogP contribution in [0.15, 0.2) is 30.3 Å². The van der Waals surface area contributed by atoms with Gasteiger partial charge in [0.15, 0.2) is 6.10 Å². The second kappa shape index (κ2) is 9.75. The Morgan fingerprint density at radius 2 is 1.96 bits per heavy atom. The quantitative estimate of drug-likeness (QED) is 0.795. The van der Waals surface area contributed by atoms with Crippen molar-refractivity contribution in [2.45, 2.75) is 25.9 Å². The number of hydrogen-bond acceptors (Lipinski definition) is 4. The molecule has 1 fully saturated rings. The Kier molecular flexibility index (Phi) is 8.37. The van der Waals surface area contributed by atoms with Crippen LogP contribution in [0.1, 0.15) is 19.8 Å². The molecular formula is C17H27ClN2O3. The van der Waals surface area contributed by atoms with Gasteiger partial charge < -0.3 is 20.1 Å². The first-order valence-corrected chi connectivity index (χ1v) is 7.84. The molecule has 23 heavy (non-hydrogen) atoms. The van der Waals surface area contributed by atoms with Crippen molar-refractivity contribution in [3.63, 3.8) is 0 Å². The maximum Gasteiger partial charge on any atom is 0.260 e. The summed E-state index contributed by atoms with van der Waals surface area (Å²) in [6.07, 6.45) is 1.51. The van der Waals surface area contributed by atoms with Gasteiger partial charge in [-0.1, -0.05) is 18.2 Å². The van der Waals surface area contributed by atoms with Crippen molar-refractivity contribution in [3.8, 4) is 5.75 Å². The Bertz CT molecular complexity index is 459. The second-order valence-corrected chi connectivity index (χ2v) is 5.97. The molecule has 2 rings (SSSR count). The van der Waals surface area contributed by atoms with Crippen molar-refractivity contribution in [3.05, 3.63) is 30.3 Å². The lowest BCUT2D eigenvalue weighted by atomic mass is 9.79. The van der Waals surface area contributed by atoms with Crippen LogP contribution in [0.5, 0.6) is 5.75 Å². The topological polar surface area (TPSA) is 59.6 Å². The number of hydrogen-bond donors (Lipinski definition) is 2. The van der Waals surface area contributed by atoms with Gasteiger partial charge in [-0.25, -0.2) is 0 Å². The van der Waals surface area contributed by atoms with E-state index in [9.17, 15) is 4.79 Å². The van der Waals surface area contributed by atoms with Crippen LogP contribution in [-0.2, 0) is 9.53 Å². The van der Waals surface area contributed by atoms with Gasteiger partial charge >= 0.3 is 0 Å². The summed E-state index contributed by atoms with van der Waals surface area (Å²) >= 11 is 0. The standard InChI is InChI=1S/C17H26N2O3.ClH/c1-14(22-15-6-4-3-5-7-15)16(20)19-12-17(13-21-2)8-10-18-11-9-17;/h3-7,14,18H,8-13H2,1-2H3,(H,19,20);1H. The maximum atomic E-state index is 12.2. The largest absolute Gasteiger partial charge is 0.481 e. The number of carbonyl (C=O) groups is 1. The minimum absolute atomic E-state index is 0. The number of carbonyl (C=O) groups excluding carboxylic acids is 1. The van der Waals surface area contributed by atoms with Gasteiger partial charge in [0.25, 0.3) is 5.91 Å². The fourth-order valence-corrected chi connectivity index (χ4v) is 2.81. The molecule has 1 atom stereocenters. The SMILES string of the molecule is COCC1(CNC(=O)C(C)Oc2ccccc2)CCNCC1.Cl. The number of para-hydroxylation sites is 1. The lowest BCUT2D eigenvalue weighted by Crippen LogP contribution is -2.49. The van der Waals surface area contributed by atoms with Crippen molar-refractivity contribution in [1.29, 1.82) is 0 Å². The number of piperidine rings is 1. The summed E-state index contributed by atoms with van der Waals surface area (Å²) in [4.78, 5) is 12.2. The van der Waals surface area contributed by atoms with Crippen LogP contribution in [0.25, 0.3) is 0 Å². The van der Waals surface area contributed by atoms with E-state index in [2.05, 4.69) is 10.6 Å². The van der Waals surface area contributed by atoms with Gasteiger partial charge in [0.05, 0.1) is 6.61 Å². The molecule has 1 aromatic carbocycles. The molecule has 1 unspecified atom stereocenters. The van der Waals surface area contributed by atoms with Crippen LogP contribution >= 0.6 is 12.4 Å². The van der Waals surface area contributed by atoms with E-state index < -0.39 is 6.10 Å². The number of halogens is 1. The zero-order valence-electron chi connectivity index (χ0n) is 13.8. The molecule has 1 aliphatic heterocycles. The van der Waals surface area contributed by atoms with E-state index in [1.807, 2.05) is 30.3 Å². The van der Waals surface area contributed by atoms with E-state index >= 15 is 0 Å². The Labute approximate surface area is 144 Å². The minimum atomic E-state index is -0.510. The highest BCUT2D eigenvalue weighted by Gasteiger charge is 2.33. The molecule has 0 spiro atoms. The predicted molar refractivity (Wildman–Crippen MR) is 93.2 cm³/mol. The number of nitrogens with one attached hydrogen (secondary N) is 2. The first kappa shape index (κ1) is 19.7. The Balaban J connectivity index is 0.00000264. The van der Waals surface area contributed by atoms with Crippen LogP contribution in [0.3, 0.4) is 0 Å². The van der Waals surface area contributed by atoms with Crippen molar-refractivity contribution >= 4 is 18.3 Å². The molecule has 1 heterocycles. The lowest BCUT2D eigenvalue weighted by Gasteiger charge is -2.37. The van der Waals surface area contributed by atoms with Crippen LogP contribution in [0.4, 0.5) is 0 Å². The lowest BCUT2D eigenvalue weighted by molar-refractivity contribution is -0.128. The predicted octanol–water partition coefficient (Wildman–Crippen LogP) is 2.01. The summed E-state index contributed by atoms with van der Waals surface area (Å²) in [5, 5.41) is 6.37. The number of benzene rings is 1. The second-order valence-electron chi connectivity index (χ2n) is 5.97. The average Bonchev–Trinajstić information content (AvgIpc) is 2.55. The summed E-state index contributed by atoms with van der Waals surface area (Å²) in [7, 11) is 1.72. The fraction of sp³-hybridized carbons (Fsp3) is 0.588. The third-order valence-corrected chi connectivity index (χ3v) is 4.18. The first-order chi connectivity index (χ1) is 10.7. The Morgan fingerprint density at radius 3 is 2.57 bits per heavy atom. The monoisotopic (exact) mass is 342 g/mol. The Morgan fingerprint density at radius 1 is 1.30 bits per heavy atom. The maximum absolute atomic E-state index is 12.2. The van der Waals surface area contributed by atoms with Gasteiger partial charge in [0, 0.05) is 19.1 Å². The highest BCUT2D eigenvalue weighted by Crippen LogP contribution is 2.28. The summed E-state index contributed by atoms with van der Waals surface area (Å²) in [5.41, 5.74) is 0.0299. The van der Waals surface area contributed by atoms with E-state index in [1.165, 1.54) is 0 Å². The number of amides is 1. The van der Waals surface area contributed by atoms with Crippen LogP contribution in [-0.4, -0.2) is 45.4 Å². The fourth-order valence-electron chi connectivity index (χ4n) is 2.81. The van der Waals surface area contributed by atoms with Gasteiger partial charge in [-0.15, -0.1) is 12.4 Å². The number of methoxy groups -OCH3 is 1. The summed E-state index contributed by atoms with van der Waals surface area (Å²) in [6.45, 7) is 5.01. The zero-order chi connectivity index (χ0) is 15.8. The molecule has 1 aliphatic rings. The molecule has 1 aromatic rings. The van der Waals surface area contributed by atoms with Crippen LogP contribution < -0.4 is 15.4 Å². The zero-order valence-corrected chi connectivity index (χ0v) is 14.7. The van der Waals surface area contributed by atoms with Gasteiger partial charge in [-0.05, 0) is 45.0 Å². The molecule has 0 aromatic heterocycles. The van der Waals surface area contributed by atoms with E-state index in [0.29, 0.717) is 18.9 Å². The van der Waals surface area contributed by atoms with E-state index in [0.717, 1.165) is 25.9 Å². The smallest absolute Gasteiger partial charge is 0.260 e. The molecule has 0 bridgehead atoms. The molecule has 1 saturated heterocycles. The molecular weight excluding hydrogens is 316 g/mol. The highest BCUT2D eigenvalue weighted by atomic mass is 35.5. The minimum Gasteiger partial charge on any atom is -0.481 e. The van der Waals surface area contributed by atoms with E-state index in [-0.39, 0.29) is 23.7 Å². The molecule has 0 radical (unpaired) electrons. The van der Waals surface area contributed by atoms with Crippen molar-refractivity contribution in [2.24, 2.45) is 5.41 Å². The Hall–Kier alpha value is -1.30. The van der Waals surface area contributed by atoms with Crippen LogP contribution in [0.2, 0.25) is 0 Å². The number of rotatable bonds is 7. The van der Waals surface area contributed by atoms with Gasteiger partial charge in [0.2, 0.25) is 0 Å². The van der Waals surface area contributed by atoms with Gasteiger partial charge in [-0.2, -0.15) is 0 Å². The van der Waals surface area contributed by atoms with Crippen LogP contribution in [0, 0.1) is 5.41 Å². The normalized spacial score (nSPS) is 17.7. The van der Waals surface area contributed by atoms with Gasteiger partial charge in [0.1, 0.15) is 5.75 Å². The average molecular weight is 343 g/mol. The van der Waals surface area contributed by atoms with Gasteiger partial charge in [-0.3, -0.25) is 4.79 Å². The van der Waals surface area contributed by atoms with E-state index in [1.54, 1.807) is 14.0 Å². The van der Waals surface area contributed by atoms with Crippen molar-refractivity contribution in [1.82, 2.24) is 10.6 Å². The number of ether oxygens (including phenoxy) is 2.